The second kappa shape index (κ2) is 7.58. The summed E-state index contributed by atoms with van der Waals surface area (Å²) in [6, 6.07) is 7.80. The number of nitrogens with zero attached hydrogens (tertiary/aromatic N) is 6. The van der Waals surface area contributed by atoms with Gasteiger partial charge in [0, 0.05) is 23.7 Å². The van der Waals surface area contributed by atoms with E-state index in [2.05, 4.69) is 31.0 Å². The maximum absolute atomic E-state index is 14.8. The molecule has 0 bridgehead atoms. The Morgan fingerprint density at radius 3 is 2.70 bits per heavy atom. The number of cyclic esters (lactones) is 1. The highest BCUT2D eigenvalue weighted by molar-refractivity contribution is 5.90. The molecule has 1 atom stereocenters. The van der Waals surface area contributed by atoms with Crippen molar-refractivity contribution in [1.82, 2.24) is 10.3 Å². The number of amides is 2. The van der Waals surface area contributed by atoms with E-state index >= 15 is 0 Å². The first-order chi connectivity index (χ1) is 14.4. The summed E-state index contributed by atoms with van der Waals surface area (Å²) < 4.78 is 19.9. The van der Waals surface area contributed by atoms with E-state index < -0.39 is 23.8 Å². The molecule has 2 amide bonds. The first kappa shape index (κ1) is 19.6. The second-order valence-electron chi connectivity index (χ2n) is 6.90. The number of hydrogen-bond donors (Lipinski definition) is 1. The molecular formula is C19H18FN7O3. The van der Waals surface area contributed by atoms with Crippen LogP contribution in [0.15, 0.2) is 57.2 Å². The van der Waals surface area contributed by atoms with Crippen molar-refractivity contribution in [2.24, 2.45) is 20.7 Å². The van der Waals surface area contributed by atoms with Crippen LogP contribution in [0.1, 0.15) is 26.0 Å². The number of nitrogens with one attached hydrogen (secondary N) is 1. The molecule has 1 N–H and O–H groups in total. The minimum absolute atomic E-state index is 0.0985. The van der Waals surface area contributed by atoms with Crippen LogP contribution >= 0.6 is 0 Å². The summed E-state index contributed by atoms with van der Waals surface area (Å²) in [6.45, 7) is 3.51. The lowest BCUT2D eigenvalue weighted by molar-refractivity contribution is -0.123. The number of carbonyl (C=O) groups excluding carboxylic acids is 2. The van der Waals surface area contributed by atoms with E-state index in [0.29, 0.717) is 22.5 Å². The van der Waals surface area contributed by atoms with E-state index in [1.807, 2.05) is 0 Å². The molecule has 0 saturated carbocycles. The number of pyridine rings is 1. The average Bonchev–Trinajstić information content (AvgIpc) is 3.34. The molecule has 10 nitrogen and oxygen atoms in total. The molecule has 3 heterocycles. The van der Waals surface area contributed by atoms with Crippen LogP contribution in [-0.4, -0.2) is 29.8 Å². The lowest BCUT2D eigenvalue weighted by atomic mass is 10.0. The number of rotatable bonds is 5. The maximum atomic E-state index is 14.8. The summed E-state index contributed by atoms with van der Waals surface area (Å²) in [5, 5.41) is 17.5. The summed E-state index contributed by atoms with van der Waals surface area (Å²) in [5.74, 6) is -0.760. The molecule has 0 spiro atoms. The Morgan fingerprint density at radius 1 is 1.30 bits per heavy atom. The molecule has 1 unspecified atom stereocenters. The quantitative estimate of drug-likeness (QED) is 0.806. The summed E-state index contributed by atoms with van der Waals surface area (Å²) in [6.07, 6.45) is 0.371. The highest BCUT2D eigenvalue weighted by atomic mass is 19.1. The van der Waals surface area contributed by atoms with Crippen LogP contribution in [0.4, 0.5) is 14.9 Å². The molecule has 1 aromatic carbocycles. The zero-order valence-electron chi connectivity index (χ0n) is 16.2. The van der Waals surface area contributed by atoms with Gasteiger partial charge in [-0.1, -0.05) is 13.0 Å². The van der Waals surface area contributed by atoms with Gasteiger partial charge in [0.15, 0.2) is 6.23 Å². The fourth-order valence-electron chi connectivity index (χ4n) is 3.11. The molecule has 2 aliphatic heterocycles. The predicted octanol–water partition coefficient (Wildman–Crippen LogP) is 3.70. The summed E-state index contributed by atoms with van der Waals surface area (Å²) in [5.41, 5.74) is 0.767. The number of anilines is 1. The SMILES string of the molecule is CCC(=O)NC1CN(c2ccc(-c3ccc(C4(C)N=NN=N4)nc3)c(F)c2)C(=O)O1. The summed E-state index contributed by atoms with van der Waals surface area (Å²) in [4.78, 5) is 29.2. The van der Waals surface area contributed by atoms with Gasteiger partial charge in [0.05, 0.1) is 17.9 Å². The third-order valence-corrected chi connectivity index (χ3v) is 4.80. The molecule has 1 aromatic heterocycles. The molecule has 1 saturated heterocycles. The summed E-state index contributed by atoms with van der Waals surface area (Å²) in [7, 11) is 0. The Morgan fingerprint density at radius 2 is 2.07 bits per heavy atom. The van der Waals surface area contributed by atoms with Gasteiger partial charge in [0.25, 0.3) is 0 Å². The van der Waals surface area contributed by atoms with Gasteiger partial charge in [-0.25, -0.2) is 9.18 Å². The fourth-order valence-corrected chi connectivity index (χ4v) is 3.11. The van der Waals surface area contributed by atoms with Crippen LogP contribution in [0, 0.1) is 5.82 Å². The van der Waals surface area contributed by atoms with Gasteiger partial charge in [0.1, 0.15) is 5.82 Å². The van der Waals surface area contributed by atoms with Gasteiger partial charge in [-0.05, 0) is 41.6 Å². The molecular weight excluding hydrogens is 393 g/mol. The third-order valence-electron chi connectivity index (χ3n) is 4.80. The number of benzene rings is 1. The van der Waals surface area contributed by atoms with Crippen LogP contribution in [0.5, 0.6) is 0 Å². The largest absolute Gasteiger partial charge is 0.423 e. The molecule has 4 rings (SSSR count). The lowest BCUT2D eigenvalue weighted by Crippen LogP contribution is -2.37. The van der Waals surface area contributed by atoms with Crippen LogP contribution < -0.4 is 10.2 Å². The highest BCUT2D eigenvalue weighted by Gasteiger charge is 2.34. The molecule has 30 heavy (non-hydrogen) atoms. The van der Waals surface area contributed by atoms with Gasteiger partial charge in [-0.2, -0.15) is 0 Å². The van der Waals surface area contributed by atoms with Crippen molar-refractivity contribution < 1.29 is 18.7 Å². The number of hydrogen-bond acceptors (Lipinski definition) is 8. The topological polar surface area (TPSA) is 121 Å². The number of ether oxygens (including phenoxy) is 1. The predicted molar refractivity (Wildman–Crippen MR) is 103 cm³/mol. The first-order valence-corrected chi connectivity index (χ1v) is 9.27. The Kier molecular flexibility index (Phi) is 4.94. The standard InChI is InChI=1S/C19H18FN7O3/c1-3-16(28)22-17-10-27(18(29)30-17)12-5-6-13(14(20)8-12)11-4-7-15(21-9-11)19(2)23-25-26-24-19/h4-9,17H,3,10H2,1-2H3,(H,22,28). The Bertz CT molecular complexity index is 1040. The van der Waals surface area contributed by atoms with Crippen molar-refractivity contribution in [3.05, 3.63) is 48.0 Å². The lowest BCUT2D eigenvalue weighted by Gasteiger charge is -2.15. The van der Waals surface area contributed by atoms with Crippen molar-refractivity contribution >= 4 is 17.7 Å². The summed E-state index contributed by atoms with van der Waals surface area (Å²) >= 11 is 0. The highest BCUT2D eigenvalue weighted by Crippen LogP contribution is 2.32. The molecule has 2 aromatic rings. The van der Waals surface area contributed by atoms with E-state index in [-0.39, 0.29) is 18.9 Å². The van der Waals surface area contributed by atoms with E-state index in [1.54, 1.807) is 38.1 Å². The molecule has 11 heteroatoms. The zero-order valence-corrected chi connectivity index (χ0v) is 16.2. The Balaban J connectivity index is 1.52. The second-order valence-corrected chi connectivity index (χ2v) is 6.90. The number of carbonyl (C=O) groups is 2. The van der Waals surface area contributed by atoms with Crippen LogP contribution in [0.2, 0.25) is 0 Å². The number of halogens is 1. The monoisotopic (exact) mass is 411 g/mol. The zero-order chi connectivity index (χ0) is 21.3. The van der Waals surface area contributed by atoms with E-state index in [0.717, 1.165) is 0 Å². The molecule has 154 valence electrons. The van der Waals surface area contributed by atoms with Gasteiger partial charge in [-0.15, -0.1) is 10.2 Å². The molecule has 0 radical (unpaired) electrons. The normalized spacial score (nSPS) is 19.2. The van der Waals surface area contributed by atoms with E-state index in [9.17, 15) is 14.0 Å². The third kappa shape index (κ3) is 3.61. The Labute approximate surface area is 170 Å². The average molecular weight is 411 g/mol. The van der Waals surface area contributed by atoms with Crippen molar-refractivity contribution in [2.45, 2.75) is 32.2 Å². The fraction of sp³-hybridized carbons (Fsp3) is 0.316. The smallest absolute Gasteiger partial charge is 0.416 e. The van der Waals surface area contributed by atoms with Crippen LogP contribution in [-0.2, 0) is 15.2 Å². The van der Waals surface area contributed by atoms with E-state index in [4.69, 9.17) is 4.74 Å². The van der Waals surface area contributed by atoms with Gasteiger partial charge in [-0.3, -0.25) is 14.7 Å². The van der Waals surface area contributed by atoms with Gasteiger partial charge in [0.2, 0.25) is 11.6 Å². The van der Waals surface area contributed by atoms with Crippen LogP contribution in [0.3, 0.4) is 0 Å². The molecule has 2 aliphatic rings. The minimum atomic E-state index is -0.971. The maximum Gasteiger partial charge on any atom is 0.416 e. The minimum Gasteiger partial charge on any atom is -0.423 e. The van der Waals surface area contributed by atoms with Crippen molar-refractivity contribution in [3.8, 4) is 11.1 Å². The van der Waals surface area contributed by atoms with Crippen molar-refractivity contribution in [2.75, 3.05) is 11.4 Å². The van der Waals surface area contributed by atoms with Crippen LogP contribution in [0.25, 0.3) is 11.1 Å². The van der Waals surface area contributed by atoms with Gasteiger partial charge >= 0.3 is 6.09 Å². The molecule has 0 aliphatic carbocycles. The molecule has 1 fully saturated rings. The number of aromatic nitrogens is 1. The van der Waals surface area contributed by atoms with E-state index in [1.165, 1.54) is 17.2 Å². The first-order valence-electron chi connectivity index (χ1n) is 9.27. The van der Waals surface area contributed by atoms with Crippen molar-refractivity contribution in [1.29, 1.82) is 0 Å². The Hall–Kier alpha value is -3.76. The van der Waals surface area contributed by atoms with Gasteiger partial charge < -0.3 is 10.1 Å². The van der Waals surface area contributed by atoms with Crippen molar-refractivity contribution in [3.63, 3.8) is 0 Å².